The van der Waals surface area contributed by atoms with Crippen molar-refractivity contribution in [3.63, 3.8) is 0 Å². The summed E-state index contributed by atoms with van der Waals surface area (Å²) in [6.07, 6.45) is 0. The molecular weight excluding hydrogens is 877 g/mol. The van der Waals surface area contributed by atoms with Crippen molar-refractivity contribution in [1.29, 1.82) is 0 Å². The molecule has 12 aromatic carbocycles. The van der Waals surface area contributed by atoms with Gasteiger partial charge < -0.3 is 18.9 Å². The molecule has 15 rings (SSSR count). The first-order valence-electron chi connectivity index (χ1n) is 24.7. The van der Waals surface area contributed by atoms with Crippen LogP contribution in [-0.4, -0.2) is 17.2 Å². The SMILES string of the molecule is C[Si]1(C)c2cc(N(c3ccccc3)c3cc4ccc5cccc6c5c4c(c3)n6-c3ccccc3)ccc2-c2ccc(N(c3ccccc3)c3cc4ccc5cccc6c5c4c(c3)n6-c3ccccc3)cc21. The second-order valence-electron chi connectivity index (χ2n) is 19.8. The predicted octanol–water partition coefficient (Wildman–Crippen LogP) is 16.8. The van der Waals surface area contributed by atoms with E-state index in [2.05, 4.69) is 275 Å². The number of fused-ring (bicyclic) bond motifs is 3. The topological polar surface area (TPSA) is 16.3 Å². The fourth-order valence-electron chi connectivity index (χ4n) is 12.4. The number of benzene rings is 12. The molecule has 71 heavy (non-hydrogen) atoms. The first-order chi connectivity index (χ1) is 35.0. The number of hydrogen-bond acceptors (Lipinski definition) is 2. The van der Waals surface area contributed by atoms with E-state index >= 15 is 0 Å². The van der Waals surface area contributed by atoms with E-state index in [0.29, 0.717) is 0 Å². The van der Waals surface area contributed by atoms with Gasteiger partial charge in [0.2, 0.25) is 0 Å². The first kappa shape index (κ1) is 40.0. The summed E-state index contributed by atoms with van der Waals surface area (Å²) in [6, 6.07) is 90.1. The summed E-state index contributed by atoms with van der Waals surface area (Å²) in [5, 5.41) is 13.2. The van der Waals surface area contributed by atoms with Crippen LogP contribution in [0, 0.1) is 0 Å². The summed E-state index contributed by atoms with van der Waals surface area (Å²) in [6.45, 7) is 5.08. The molecule has 1 aliphatic heterocycles. The van der Waals surface area contributed by atoms with E-state index < -0.39 is 8.07 Å². The molecule has 0 saturated carbocycles. The van der Waals surface area contributed by atoms with Crippen LogP contribution >= 0.6 is 0 Å². The summed E-state index contributed by atoms with van der Waals surface area (Å²) in [5.74, 6) is 0. The average molecular weight is 923 g/mol. The molecule has 14 aromatic rings. The third-order valence-electron chi connectivity index (χ3n) is 15.5. The third kappa shape index (κ3) is 5.84. The van der Waals surface area contributed by atoms with Gasteiger partial charge in [-0.1, -0.05) is 147 Å². The van der Waals surface area contributed by atoms with Crippen molar-refractivity contribution in [2.75, 3.05) is 9.80 Å². The quantitative estimate of drug-likeness (QED) is 0.112. The number of hydrogen-bond donors (Lipinski definition) is 0. The summed E-state index contributed by atoms with van der Waals surface area (Å²) >= 11 is 0. The lowest BCUT2D eigenvalue weighted by Gasteiger charge is -2.29. The molecule has 2 aromatic heterocycles. The highest BCUT2D eigenvalue weighted by molar-refractivity contribution is 7.04. The minimum absolute atomic E-state index is 1.13. The fourth-order valence-corrected chi connectivity index (χ4v) is 15.5. The molecule has 4 nitrogen and oxygen atoms in total. The molecule has 0 radical (unpaired) electrons. The molecule has 0 fully saturated rings. The highest BCUT2D eigenvalue weighted by Crippen LogP contribution is 2.47. The number of aromatic nitrogens is 2. The molecule has 0 spiro atoms. The van der Waals surface area contributed by atoms with Crippen molar-refractivity contribution in [1.82, 2.24) is 9.13 Å². The van der Waals surface area contributed by atoms with Crippen LogP contribution in [0.2, 0.25) is 13.1 Å². The van der Waals surface area contributed by atoms with Gasteiger partial charge in [-0.2, -0.15) is 0 Å². The molecule has 334 valence electrons. The third-order valence-corrected chi connectivity index (χ3v) is 19.0. The number of nitrogens with zero attached hydrogens (tertiary/aromatic N) is 4. The van der Waals surface area contributed by atoms with E-state index in [4.69, 9.17) is 0 Å². The van der Waals surface area contributed by atoms with Gasteiger partial charge in [0.15, 0.2) is 0 Å². The second-order valence-corrected chi connectivity index (χ2v) is 24.1. The molecule has 3 heterocycles. The normalized spacial score (nSPS) is 13.0. The molecule has 0 bridgehead atoms. The van der Waals surface area contributed by atoms with Crippen LogP contribution in [-0.2, 0) is 0 Å². The molecule has 0 saturated heterocycles. The predicted molar refractivity (Wildman–Crippen MR) is 304 cm³/mol. The van der Waals surface area contributed by atoms with E-state index in [-0.39, 0.29) is 0 Å². The van der Waals surface area contributed by atoms with Gasteiger partial charge in [-0.3, -0.25) is 0 Å². The smallest absolute Gasteiger partial charge is 0.114 e. The van der Waals surface area contributed by atoms with Crippen LogP contribution < -0.4 is 20.2 Å². The van der Waals surface area contributed by atoms with Crippen molar-refractivity contribution in [2.45, 2.75) is 13.1 Å². The summed E-state index contributed by atoms with van der Waals surface area (Å²) in [5.41, 5.74) is 16.7. The van der Waals surface area contributed by atoms with Crippen LogP contribution in [0.25, 0.3) is 87.7 Å². The Balaban J connectivity index is 0.885. The number of rotatable bonds is 8. The largest absolute Gasteiger partial charge is 0.310 e. The lowest BCUT2D eigenvalue weighted by atomic mass is 10.0. The minimum atomic E-state index is -2.28. The Morgan fingerprint density at radius 3 is 1.08 bits per heavy atom. The van der Waals surface area contributed by atoms with Gasteiger partial charge in [-0.15, -0.1) is 0 Å². The number of anilines is 6. The van der Waals surface area contributed by atoms with Gasteiger partial charge in [0.1, 0.15) is 8.07 Å². The molecule has 0 amide bonds. The van der Waals surface area contributed by atoms with Gasteiger partial charge in [0, 0.05) is 67.0 Å². The van der Waals surface area contributed by atoms with Crippen molar-refractivity contribution in [3.8, 4) is 22.5 Å². The van der Waals surface area contributed by atoms with Crippen molar-refractivity contribution in [3.05, 3.63) is 243 Å². The van der Waals surface area contributed by atoms with E-state index in [9.17, 15) is 0 Å². The highest BCUT2D eigenvalue weighted by Gasteiger charge is 2.39. The van der Waals surface area contributed by atoms with E-state index in [1.807, 2.05) is 0 Å². The molecule has 5 heteroatoms. The summed E-state index contributed by atoms with van der Waals surface area (Å²) in [7, 11) is -2.28. The maximum atomic E-state index is 2.54. The Kier molecular flexibility index (Phi) is 8.48. The Hall–Kier alpha value is -8.90. The van der Waals surface area contributed by atoms with Crippen molar-refractivity contribution >= 4 is 118 Å². The van der Waals surface area contributed by atoms with Crippen LogP contribution in [0.1, 0.15) is 0 Å². The van der Waals surface area contributed by atoms with Gasteiger partial charge in [-0.25, -0.2) is 0 Å². The van der Waals surface area contributed by atoms with Gasteiger partial charge in [0.25, 0.3) is 0 Å². The van der Waals surface area contributed by atoms with Crippen LogP contribution in [0.5, 0.6) is 0 Å². The van der Waals surface area contributed by atoms with Crippen LogP contribution in [0.3, 0.4) is 0 Å². The van der Waals surface area contributed by atoms with Crippen LogP contribution in [0.4, 0.5) is 34.1 Å². The molecular formula is C66H46N4Si. The fraction of sp³-hybridized carbons (Fsp3) is 0.0303. The Bertz CT molecular complexity index is 4080. The van der Waals surface area contributed by atoms with E-state index in [1.165, 1.54) is 86.7 Å². The molecule has 0 unspecified atom stereocenters. The van der Waals surface area contributed by atoms with E-state index in [1.54, 1.807) is 0 Å². The monoisotopic (exact) mass is 922 g/mol. The Morgan fingerprint density at radius 1 is 0.282 bits per heavy atom. The molecule has 0 atom stereocenters. The summed E-state index contributed by atoms with van der Waals surface area (Å²) < 4.78 is 4.90. The van der Waals surface area contributed by atoms with Gasteiger partial charge in [0.05, 0.1) is 22.1 Å². The second kappa shape index (κ2) is 15.0. The molecule has 1 aliphatic rings. The zero-order valence-corrected chi connectivity index (χ0v) is 40.4. The molecule has 0 N–H and O–H groups in total. The average Bonchev–Trinajstić information content (AvgIpc) is 4.03. The lowest BCUT2D eigenvalue weighted by Crippen LogP contribution is -2.49. The Labute approximate surface area is 412 Å². The van der Waals surface area contributed by atoms with Gasteiger partial charge in [-0.05, 0) is 152 Å². The molecule has 0 aliphatic carbocycles. The van der Waals surface area contributed by atoms with Crippen LogP contribution in [0.15, 0.2) is 243 Å². The Morgan fingerprint density at radius 2 is 0.662 bits per heavy atom. The zero-order chi connectivity index (χ0) is 47.0. The number of para-hydroxylation sites is 4. The highest BCUT2D eigenvalue weighted by atomic mass is 28.3. The van der Waals surface area contributed by atoms with Crippen molar-refractivity contribution in [2.24, 2.45) is 0 Å². The maximum absolute atomic E-state index is 2.54. The maximum Gasteiger partial charge on any atom is 0.114 e. The first-order valence-corrected chi connectivity index (χ1v) is 27.7. The van der Waals surface area contributed by atoms with E-state index in [0.717, 1.165) is 45.5 Å². The zero-order valence-electron chi connectivity index (χ0n) is 39.4. The minimum Gasteiger partial charge on any atom is -0.310 e. The summed E-state index contributed by atoms with van der Waals surface area (Å²) in [4.78, 5) is 4.94. The lowest BCUT2D eigenvalue weighted by molar-refractivity contribution is 1.18. The van der Waals surface area contributed by atoms with Gasteiger partial charge >= 0.3 is 0 Å². The van der Waals surface area contributed by atoms with Crippen molar-refractivity contribution < 1.29 is 0 Å². The standard InChI is InChI=1S/C66H46N4Si/c1-71(2)61-41-51(67(47-19-7-3-8-20-47)53-37-45-31-29-43-17-15-27-57-63(43)65(45)59(39-53)69(57)49-23-11-5-12-24-49)33-35-55(61)56-36-34-52(42-62(56)71)68(48-21-9-4-10-22-48)54-38-46-32-30-44-18-16-28-58-64(44)66(46)60(40-54)70(58)50-25-13-6-14-26-50/h3-42H,1-2H3.